The van der Waals surface area contributed by atoms with Crippen LogP contribution in [0.1, 0.15) is 22.0 Å². The fraction of sp³-hybridized carbons (Fsp3) is 0.154. The highest BCUT2D eigenvalue weighted by atomic mass is 32.1. The number of benzene rings is 1. The topological polar surface area (TPSA) is 75.9 Å². The minimum atomic E-state index is -0.0319. The molecule has 1 heterocycles. The average molecular weight is 245 g/mol. The summed E-state index contributed by atoms with van der Waals surface area (Å²) in [6.45, 7) is 0. The summed E-state index contributed by atoms with van der Waals surface area (Å²) in [6, 6.07) is 12.0. The molecule has 4 heteroatoms. The summed E-state index contributed by atoms with van der Waals surface area (Å²) in [7, 11) is 0. The number of thiophene rings is 1. The number of hydrogen-bond acceptors (Lipinski definition) is 3. The van der Waals surface area contributed by atoms with Gasteiger partial charge in [0.1, 0.15) is 5.84 Å². The van der Waals surface area contributed by atoms with E-state index in [-0.39, 0.29) is 11.9 Å². The molecule has 0 fully saturated rings. The van der Waals surface area contributed by atoms with E-state index < -0.39 is 0 Å². The van der Waals surface area contributed by atoms with E-state index in [1.54, 1.807) is 11.3 Å². The van der Waals surface area contributed by atoms with Crippen LogP contribution in [-0.2, 0) is 6.42 Å². The Morgan fingerprint density at radius 3 is 2.59 bits per heavy atom. The molecule has 17 heavy (non-hydrogen) atoms. The van der Waals surface area contributed by atoms with E-state index in [0.717, 1.165) is 16.9 Å². The van der Waals surface area contributed by atoms with Crippen LogP contribution in [0.3, 0.4) is 0 Å². The largest absolute Gasteiger partial charge is 0.384 e. The lowest BCUT2D eigenvalue weighted by molar-refractivity contribution is 0.736. The third-order valence-electron chi connectivity index (χ3n) is 2.59. The van der Waals surface area contributed by atoms with Crippen molar-refractivity contribution in [2.45, 2.75) is 12.5 Å². The summed E-state index contributed by atoms with van der Waals surface area (Å²) in [5.74, 6) is 0.0967. The molecule has 0 aliphatic carbocycles. The minimum Gasteiger partial charge on any atom is -0.384 e. The molecule has 1 aromatic heterocycles. The predicted octanol–water partition coefficient (Wildman–Crippen LogP) is 2.27. The van der Waals surface area contributed by atoms with Gasteiger partial charge in [-0.25, -0.2) is 0 Å². The molecule has 0 saturated carbocycles. The first-order valence-electron chi connectivity index (χ1n) is 5.39. The van der Waals surface area contributed by atoms with E-state index in [2.05, 4.69) is 12.1 Å². The van der Waals surface area contributed by atoms with Crippen molar-refractivity contribution in [1.29, 1.82) is 5.41 Å². The molecule has 0 amide bonds. The summed E-state index contributed by atoms with van der Waals surface area (Å²) in [6.07, 6.45) is 0.804. The van der Waals surface area contributed by atoms with E-state index in [1.165, 1.54) is 5.56 Å². The highest BCUT2D eigenvalue weighted by molar-refractivity contribution is 7.10. The Bertz CT molecular complexity index is 504. The smallest absolute Gasteiger partial charge is 0.123 e. The maximum absolute atomic E-state index is 7.35. The van der Waals surface area contributed by atoms with Gasteiger partial charge in [-0.05, 0) is 18.1 Å². The predicted molar refractivity (Wildman–Crippen MR) is 72.4 cm³/mol. The molecule has 1 unspecified atom stereocenters. The zero-order chi connectivity index (χ0) is 12.3. The second-order valence-corrected chi connectivity index (χ2v) is 4.89. The lowest BCUT2D eigenvalue weighted by Gasteiger charge is -2.09. The van der Waals surface area contributed by atoms with E-state index >= 15 is 0 Å². The molecule has 0 saturated heterocycles. The molecular formula is C13H15N3S. The van der Waals surface area contributed by atoms with Crippen molar-refractivity contribution in [3.05, 3.63) is 57.8 Å². The number of hydrogen-bond donors (Lipinski definition) is 3. The Kier molecular flexibility index (Phi) is 3.56. The molecular weight excluding hydrogens is 230 g/mol. The lowest BCUT2D eigenvalue weighted by Crippen LogP contribution is -2.13. The standard InChI is InChI=1S/C13H15N3S/c14-11(6-9-4-2-1-3-5-9)12-7-10(8-17-12)13(15)16/h1-5,7-8,11H,6,14H2,(H3,15,16). The van der Waals surface area contributed by atoms with Crippen LogP contribution >= 0.6 is 11.3 Å². The third kappa shape index (κ3) is 2.93. The summed E-state index contributed by atoms with van der Waals surface area (Å²) in [5, 5.41) is 9.23. The number of amidine groups is 1. The molecule has 88 valence electrons. The number of nitrogen functional groups attached to an aromatic ring is 1. The van der Waals surface area contributed by atoms with Gasteiger partial charge < -0.3 is 11.5 Å². The van der Waals surface area contributed by atoms with Gasteiger partial charge in [0.05, 0.1) is 0 Å². The molecule has 0 bridgehead atoms. The second-order valence-electron chi connectivity index (χ2n) is 3.95. The molecule has 1 aromatic carbocycles. The molecule has 0 spiro atoms. The zero-order valence-electron chi connectivity index (χ0n) is 9.39. The molecule has 0 aliphatic heterocycles. The van der Waals surface area contributed by atoms with Gasteiger partial charge in [0, 0.05) is 21.9 Å². The summed E-state index contributed by atoms with van der Waals surface area (Å²) in [5.41, 5.74) is 13.5. The van der Waals surface area contributed by atoms with Gasteiger partial charge in [0.2, 0.25) is 0 Å². The Balaban J connectivity index is 2.09. The third-order valence-corrected chi connectivity index (χ3v) is 3.66. The van der Waals surface area contributed by atoms with Crippen LogP contribution in [0.25, 0.3) is 0 Å². The Labute approximate surface area is 105 Å². The second kappa shape index (κ2) is 5.12. The van der Waals surface area contributed by atoms with Gasteiger partial charge in [-0.1, -0.05) is 30.3 Å². The first kappa shape index (κ1) is 11.8. The van der Waals surface area contributed by atoms with Crippen LogP contribution in [0.2, 0.25) is 0 Å². The van der Waals surface area contributed by atoms with Crippen molar-refractivity contribution in [2.75, 3.05) is 0 Å². The average Bonchev–Trinajstić information content (AvgIpc) is 2.79. The maximum atomic E-state index is 7.35. The van der Waals surface area contributed by atoms with Crippen LogP contribution in [0.15, 0.2) is 41.8 Å². The molecule has 1 atom stereocenters. The van der Waals surface area contributed by atoms with Crippen LogP contribution < -0.4 is 11.5 Å². The van der Waals surface area contributed by atoms with Crippen molar-refractivity contribution in [3.8, 4) is 0 Å². The first-order chi connectivity index (χ1) is 8.16. The highest BCUT2D eigenvalue weighted by Gasteiger charge is 2.10. The van der Waals surface area contributed by atoms with Crippen LogP contribution in [-0.4, -0.2) is 5.84 Å². The van der Waals surface area contributed by atoms with Crippen molar-refractivity contribution in [2.24, 2.45) is 11.5 Å². The van der Waals surface area contributed by atoms with Gasteiger partial charge in [0.15, 0.2) is 0 Å². The van der Waals surface area contributed by atoms with Gasteiger partial charge in [0.25, 0.3) is 0 Å². The van der Waals surface area contributed by atoms with E-state index in [9.17, 15) is 0 Å². The quantitative estimate of drug-likeness (QED) is 0.571. The number of rotatable bonds is 4. The Hall–Kier alpha value is -1.65. The zero-order valence-corrected chi connectivity index (χ0v) is 10.2. The monoisotopic (exact) mass is 245 g/mol. The molecule has 5 N–H and O–H groups in total. The summed E-state index contributed by atoms with van der Waals surface area (Å²) in [4.78, 5) is 1.07. The first-order valence-corrected chi connectivity index (χ1v) is 6.27. The van der Waals surface area contributed by atoms with Gasteiger partial charge in [-0.2, -0.15) is 0 Å². The van der Waals surface area contributed by atoms with E-state index in [4.69, 9.17) is 16.9 Å². The number of nitrogens with one attached hydrogen (secondary N) is 1. The van der Waals surface area contributed by atoms with E-state index in [0.29, 0.717) is 0 Å². The minimum absolute atomic E-state index is 0.0319. The van der Waals surface area contributed by atoms with E-state index in [1.807, 2.05) is 29.6 Å². The number of nitrogens with two attached hydrogens (primary N) is 2. The van der Waals surface area contributed by atoms with Crippen molar-refractivity contribution < 1.29 is 0 Å². The van der Waals surface area contributed by atoms with Crippen LogP contribution in [0.4, 0.5) is 0 Å². The van der Waals surface area contributed by atoms with Crippen LogP contribution in [0, 0.1) is 5.41 Å². The van der Waals surface area contributed by atoms with Gasteiger partial charge >= 0.3 is 0 Å². The highest BCUT2D eigenvalue weighted by Crippen LogP contribution is 2.23. The maximum Gasteiger partial charge on any atom is 0.123 e. The molecule has 3 nitrogen and oxygen atoms in total. The summed E-state index contributed by atoms with van der Waals surface area (Å²) >= 11 is 1.56. The van der Waals surface area contributed by atoms with Crippen LogP contribution in [0.5, 0.6) is 0 Å². The molecule has 2 aromatic rings. The van der Waals surface area contributed by atoms with Crippen molar-refractivity contribution >= 4 is 17.2 Å². The lowest BCUT2D eigenvalue weighted by atomic mass is 10.1. The van der Waals surface area contributed by atoms with Gasteiger partial charge in [-0.15, -0.1) is 11.3 Å². The molecule has 2 rings (SSSR count). The van der Waals surface area contributed by atoms with Gasteiger partial charge in [-0.3, -0.25) is 5.41 Å². The normalized spacial score (nSPS) is 12.3. The fourth-order valence-electron chi connectivity index (χ4n) is 1.66. The Morgan fingerprint density at radius 2 is 2.00 bits per heavy atom. The Morgan fingerprint density at radius 1 is 1.29 bits per heavy atom. The SMILES string of the molecule is N=C(N)c1csc(C(N)Cc2ccccc2)c1. The molecule has 0 radical (unpaired) electrons. The fourth-order valence-corrected chi connectivity index (χ4v) is 2.57. The van der Waals surface area contributed by atoms with Crippen molar-refractivity contribution in [1.82, 2.24) is 0 Å². The van der Waals surface area contributed by atoms with Crippen molar-refractivity contribution in [3.63, 3.8) is 0 Å². The summed E-state index contributed by atoms with van der Waals surface area (Å²) < 4.78 is 0. The molecule has 0 aliphatic rings.